The summed E-state index contributed by atoms with van der Waals surface area (Å²) >= 11 is 0. The number of nitrogens with one attached hydrogen (secondary N) is 2. The Kier molecular flexibility index (Phi) is 7.64. The van der Waals surface area contributed by atoms with Gasteiger partial charge in [-0.05, 0) is 74.6 Å². The van der Waals surface area contributed by atoms with Crippen molar-refractivity contribution < 1.29 is 9.47 Å². The molecule has 0 aliphatic carbocycles. The Labute approximate surface area is 189 Å². The highest BCUT2D eigenvalue weighted by atomic mass is 16.5. The van der Waals surface area contributed by atoms with Crippen molar-refractivity contribution in [1.82, 2.24) is 9.97 Å². The number of para-hydroxylation sites is 1. The lowest BCUT2D eigenvalue weighted by Crippen LogP contribution is -1.98. The molecule has 3 heterocycles. The van der Waals surface area contributed by atoms with Crippen LogP contribution in [0.1, 0.15) is 44.7 Å². The predicted octanol–water partition coefficient (Wildman–Crippen LogP) is 6.79. The molecular formula is C27H31N3O2. The van der Waals surface area contributed by atoms with Crippen LogP contribution in [0.15, 0.2) is 77.6 Å². The highest BCUT2D eigenvalue weighted by molar-refractivity contribution is 5.99. The summed E-state index contributed by atoms with van der Waals surface area (Å²) in [5.41, 5.74) is 5.09. The first kappa shape index (κ1) is 21.8. The van der Waals surface area contributed by atoms with Crippen LogP contribution in [0.25, 0.3) is 17.5 Å². The molecule has 0 radical (unpaired) electrons. The standard InChI is InChI=1S/C27H31N3O2/c1-2-17-32-27-20-25(24-13-9-16-28-24)30-26(27)19-22-15-14-21(29-22)10-5-4-8-18-31-23-11-6-3-7-12-23/h3,6-7,9,11-16,19-20,28,30H,2,4-5,8,10,17-18H2,1H3/b22-19+. The molecule has 32 heavy (non-hydrogen) atoms. The number of benzene rings is 1. The predicted molar refractivity (Wildman–Crippen MR) is 131 cm³/mol. The molecule has 0 fully saturated rings. The fourth-order valence-corrected chi connectivity index (χ4v) is 3.61. The summed E-state index contributed by atoms with van der Waals surface area (Å²) < 4.78 is 11.7. The lowest BCUT2D eigenvalue weighted by Gasteiger charge is -2.05. The maximum absolute atomic E-state index is 5.96. The molecule has 1 aliphatic heterocycles. The number of aromatic amines is 2. The van der Waals surface area contributed by atoms with Crippen molar-refractivity contribution in [1.29, 1.82) is 0 Å². The Hall–Kier alpha value is -3.47. The van der Waals surface area contributed by atoms with E-state index in [0.717, 1.165) is 78.7 Å². The lowest BCUT2D eigenvalue weighted by molar-refractivity contribution is 0.306. The van der Waals surface area contributed by atoms with Crippen LogP contribution in [-0.4, -0.2) is 28.9 Å². The molecule has 5 heteroatoms. The van der Waals surface area contributed by atoms with Gasteiger partial charge >= 0.3 is 0 Å². The van der Waals surface area contributed by atoms with E-state index in [1.54, 1.807) is 0 Å². The van der Waals surface area contributed by atoms with Gasteiger partial charge in [0.2, 0.25) is 0 Å². The smallest absolute Gasteiger partial charge is 0.144 e. The first-order chi connectivity index (χ1) is 15.8. The Balaban J connectivity index is 1.29. The molecule has 2 aromatic heterocycles. The highest BCUT2D eigenvalue weighted by Gasteiger charge is 2.12. The minimum Gasteiger partial charge on any atom is -0.494 e. The molecule has 1 aliphatic rings. The van der Waals surface area contributed by atoms with Gasteiger partial charge in [0.15, 0.2) is 0 Å². The second-order valence-electron chi connectivity index (χ2n) is 7.87. The van der Waals surface area contributed by atoms with Crippen LogP contribution < -0.4 is 9.47 Å². The van der Waals surface area contributed by atoms with E-state index in [4.69, 9.17) is 14.5 Å². The van der Waals surface area contributed by atoms with E-state index in [1.807, 2.05) is 48.7 Å². The minimum atomic E-state index is 0.691. The lowest BCUT2D eigenvalue weighted by atomic mass is 10.1. The molecule has 0 bridgehead atoms. The van der Waals surface area contributed by atoms with Gasteiger partial charge in [-0.25, -0.2) is 0 Å². The Morgan fingerprint density at radius 2 is 1.81 bits per heavy atom. The molecule has 4 rings (SSSR count). The topological polar surface area (TPSA) is 62.4 Å². The largest absolute Gasteiger partial charge is 0.494 e. The van der Waals surface area contributed by atoms with Gasteiger partial charge in [-0.1, -0.05) is 25.1 Å². The van der Waals surface area contributed by atoms with Crippen LogP contribution in [-0.2, 0) is 0 Å². The Bertz CT molecular complexity index is 1060. The molecule has 0 saturated heterocycles. The molecule has 0 saturated carbocycles. The van der Waals surface area contributed by atoms with E-state index in [0.29, 0.717) is 6.61 Å². The number of H-pyrrole nitrogens is 2. The van der Waals surface area contributed by atoms with Crippen LogP contribution in [0.4, 0.5) is 0 Å². The maximum Gasteiger partial charge on any atom is 0.144 e. The van der Waals surface area contributed by atoms with Crippen LogP contribution in [0.2, 0.25) is 0 Å². The summed E-state index contributed by atoms with van der Waals surface area (Å²) in [6.45, 7) is 3.56. The number of hydrogen-bond acceptors (Lipinski definition) is 3. The number of aromatic nitrogens is 2. The van der Waals surface area contributed by atoms with Crippen molar-refractivity contribution in [3.63, 3.8) is 0 Å². The van der Waals surface area contributed by atoms with E-state index >= 15 is 0 Å². The van der Waals surface area contributed by atoms with Crippen molar-refractivity contribution in [3.8, 4) is 22.9 Å². The summed E-state index contributed by atoms with van der Waals surface area (Å²) in [7, 11) is 0. The maximum atomic E-state index is 5.96. The first-order valence-corrected chi connectivity index (χ1v) is 11.5. The first-order valence-electron chi connectivity index (χ1n) is 11.5. The van der Waals surface area contributed by atoms with Crippen molar-refractivity contribution in [2.75, 3.05) is 13.2 Å². The second-order valence-corrected chi connectivity index (χ2v) is 7.87. The zero-order valence-electron chi connectivity index (χ0n) is 18.6. The summed E-state index contributed by atoms with van der Waals surface area (Å²) in [6.07, 6.45) is 13.4. The third-order valence-corrected chi connectivity index (χ3v) is 5.26. The quantitative estimate of drug-likeness (QED) is 0.311. The number of rotatable bonds is 12. The summed E-state index contributed by atoms with van der Waals surface area (Å²) in [5, 5.41) is 0. The monoisotopic (exact) mass is 429 g/mol. The molecule has 1 aromatic carbocycles. The van der Waals surface area contributed by atoms with Gasteiger partial charge in [-0.3, -0.25) is 4.99 Å². The van der Waals surface area contributed by atoms with Gasteiger partial charge in [0.25, 0.3) is 0 Å². The molecule has 166 valence electrons. The number of aliphatic imine (C=N–C) groups is 1. The van der Waals surface area contributed by atoms with E-state index in [1.165, 1.54) is 0 Å². The van der Waals surface area contributed by atoms with Crippen LogP contribution in [0.5, 0.6) is 11.5 Å². The highest BCUT2D eigenvalue weighted by Crippen LogP contribution is 2.29. The zero-order chi connectivity index (χ0) is 22.0. The van der Waals surface area contributed by atoms with Crippen molar-refractivity contribution >= 4 is 11.8 Å². The molecule has 3 aromatic rings. The van der Waals surface area contributed by atoms with Gasteiger partial charge in [-0.2, -0.15) is 0 Å². The Morgan fingerprint density at radius 3 is 2.62 bits per heavy atom. The Morgan fingerprint density at radius 1 is 0.906 bits per heavy atom. The van der Waals surface area contributed by atoms with Crippen LogP contribution >= 0.6 is 0 Å². The SMILES string of the molecule is CCCOc1cc(-c2ccc[nH]2)[nH]c1/C=C1\C=CC(CCCCCOc2ccccc2)=N1. The summed E-state index contributed by atoms with van der Waals surface area (Å²) in [4.78, 5) is 11.5. The fourth-order valence-electron chi connectivity index (χ4n) is 3.61. The van der Waals surface area contributed by atoms with Crippen molar-refractivity contribution in [2.45, 2.75) is 39.0 Å². The number of hydrogen-bond donors (Lipinski definition) is 2. The normalized spacial score (nSPS) is 14.2. The van der Waals surface area contributed by atoms with Crippen molar-refractivity contribution in [2.24, 2.45) is 4.99 Å². The number of nitrogens with zero attached hydrogens (tertiary/aromatic N) is 1. The third-order valence-electron chi connectivity index (χ3n) is 5.26. The van der Waals surface area contributed by atoms with Crippen LogP contribution in [0.3, 0.4) is 0 Å². The molecule has 0 amide bonds. The van der Waals surface area contributed by atoms with Gasteiger partial charge in [0.05, 0.1) is 36.0 Å². The van der Waals surface area contributed by atoms with E-state index in [-0.39, 0.29) is 0 Å². The number of unbranched alkanes of at least 4 members (excludes halogenated alkanes) is 2. The summed E-state index contributed by atoms with van der Waals surface area (Å²) in [5.74, 6) is 1.80. The number of ether oxygens (including phenoxy) is 2. The molecule has 0 atom stereocenters. The van der Waals surface area contributed by atoms with E-state index in [9.17, 15) is 0 Å². The van der Waals surface area contributed by atoms with E-state index < -0.39 is 0 Å². The van der Waals surface area contributed by atoms with Gasteiger partial charge < -0.3 is 19.4 Å². The van der Waals surface area contributed by atoms with E-state index in [2.05, 4.69) is 41.2 Å². The van der Waals surface area contributed by atoms with Crippen LogP contribution in [0, 0.1) is 0 Å². The second kappa shape index (κ2) is 11.2. The summed E-state index contributed by atoms with van der Waals surface area (Å²) in [6, 6.07) is 16.1. The average molecular weight is 430 g/mol. The van der Waals surface area contributed by atoms with Gasteiger partial charge in [0, 0.05) is 18.0 Å². The minimum absolute atomic E-state index is 0.691. The molecule has 0 unspecified atom stereocenters. The molecule has 0 spiro atoms. The fraction of sp³-hybridized carbons (Fsp3) is 0.296. The zero-order valence-corrected chi connectivity index (χ0v) is 18.6. The molecular weight excluding hydrogens is 398 g/mol. The van der Waals surface area contributed by atoms with Crippen molar-refractivity contribution in [3.05, 3.63) is 78.3 Å². The third kappa shape index (κ3) is 6.03. The average Bonchev–Trinajstić information content (AvgIpc) is 3.57. The van der Waals surface area contributed by atoms with Gasteiger partial charge in [0.1, 0.15) is 11.5 Å². The number of allylic oxidation sites excluding steroid dienone is 2. The molecule has 2 N–H and O–H groups in total. The van der Waals surface area contributed by atoms with Gasteiger partial charge in [-0.15, -0.1) is 0 Å². The molecule has 5 nitrogen and oxygen atoms in total.